The Morgan fingerprint density at radius 2 is 1.83 bits per heavy atom. The van der Waals surface area contributed by atoms with E-state index in [0.717, 1.165) is 23.4 Å². The number of sulfonamides is 1. The van der Waals surface area contributed by atoms with E-state index in [-0.39, 0.29) is 35.5 Å². The van der Waals surface area contributed by atoms with Crippen molar-refractivity contribution in [3.63, 3.8) is 0 Å². The molecule has 2 saturated heterocycles. The van der Waals surface area contributed by atoms with Gasteiger partial charge in [0.1, 0.15) is 5.00 Å². The molecule has 2 amide bonds. The largest absolute Gasteiger partial charge is 0.466 e. The van der Waals surface area contributed by atoms with Crippen LogP contribution in [0.25, 0.3) is 0 Å². The number of ether oxygens (including phenoxy) is 2. The number of nitrogens with zero attached hydrogens (tertiary/aromatic N) is 3. The second-order valence-corrected chi connectivity index (χ2v) is 13.6. The zero-order chi connectivity index (χ0) is 29.1. The molecule has 11 nitrogen and oxygen atoms in total. The zero-order valence-corrected chi connectivity index (χ0v) is 25.0. The highest BCUT2D eigenvalue weighted by atomic mass is 32.2. The van der Waals surface area contributed by atoms with Crippen molar-refractivity contribution in [2.75, 3.05) is 64.9 Å². The molecule has 0 bridgehead atoms. The third-order valence-electron chi connectivity index (χ3n) is 7.75. The minimum absolute atomic E-state index is 0.0522. The maximum Gasteiger partial charge on any atom is 0.310 e. The van der Waals surface area contributed by atoms with E-state index in [4.69, 9.17) is 9.47 Å². The Bertz CT molecular complexity index is 1400. The van der Waals surface area contributed by atoms with Crippen molar-refractivity contribution >= 4 is 44.1 Å². The molecular weight excluding hydrogens is 568 g/mol. The summed E-state index contributed by atoms with van der Waals surface area (Å²) in [6.07, 6.45) is 1.88. The lowest BCUT2D eigenvalue weighted by Gasteiger charge is -2.30. The standard InChI is InChI=1S/C28H36N4O7S2/c1-3-39-28(35)20-5-4-11-32(17-20)41(36,37)21-8-6-19(7-9-21)25(33)29-26-24(27(34)31-13-15-38-16-14-31)22-10-12-30(2)18-23(22)40-26/h6-9,20H,3-5,10-18H2,1-2H3,(H,29,33). The molecule has 3 aliphatic rings. The lowest BCUT2D eigenvalue weighted by Crippen LogP contribution is -2.42. The smallest absolute Gasteiger partial charge is 0.310 e. The van der Waals surface area contributed by atoms with Crippen LogP contribution in [0.15, 0.2) is 29.2 Å². The highest BCUT2D eigenvalue weighted by molar-refractivity contribution is 7.89. The molecule has 4 heterocycles. The molecule has 5 rings (SSSR count). The summed E-state index contributed by atoms with van der Waals surface area (Å²) in [7, 11) is -1.82. The molecule has 2 fully saturated rings. The van der Waals surface area contributed by atoms with E-state index in [0.29, 0.717) is 62.8 Å². The molecule has 222 valence electrons. The fraction of sp³-hybridized carbons (Fsp3) is 0.536. The number of anilines is 1. The number of hydrogen-bond acceptors (Lipinski definition) is 9. The van der Waals surface area contributed by atoms with Crippen LogP contribution in [-0.4, -0.2) is 99.9 Å². The van der Waals surface area contributed by atoms with Crippen molar-refractivity contribution in [3.8, 4) is 0 Å². The van der Waals surface area contributed by atoms with Gasteiger partial charge in [0.05, 0.1) is 36.2 Å². The number of thiophene rings is 1. The molecule has 2 aromatic rings. The van der Waals surface area contributed by atoms with Crippen molar-refractivity contribution in [2.45, 2.75) is 37.6 Å². The third-order valence-corrected chi connectivity index (χ3v) is 10.8. The second-order valence-electron chi connectivity index (χ2n) is 10.5. The van der Waals surface area contributed by atoms with Crippen molar-refractivity contribution in [3.05, 3.63) is 45.8 Å². The summed E-state index contributed by atoms with van der Waals surface area (Å²) in [5.41, 5.74) is 1.82. The number of likely N-dealkylation sites (N-methyl/N-ethyl adjacent to an activating group) is 1. The number of benzene rings is 1. The summed E-state index contributed by atoms with van der Waals surface area (Å²) in [6.45, 7) is 5.88. The minimum Gasteiger partial charge on any atom is -0.466 e. The maximum atomic E-state index is 13.6. The average molecular weight is 605 g/mol. The first kappa shape index (κ1) is 29.6. The van der Waals surface area contributed by atoms with Crippen molar-refractivity contribution < 1.29 is 32.3 Å². The molecule has 3 aliphatic heterocycles. The van der Waals surface area contributed by atoms with Crippen LogP contribution in [0.2, 0.25) is 0 Å². The maximum absolute atomic E-state index is 13.6. The Balaban J connectivity index is 1.33. The first-order valence-electron chi connectivity index (χ1n) is 14.0. The highest BCUT2D eigenvalue weighted by Gasteiger charge is 2.35. The van der Waals surface area contributed by atoms with Crippen LogP contribution in [0.3, 0.4) is 0 Å². The van der Waals surface area contributed by atoms with Crippen LogP contribution < -0.4 is 5.32 Å². The van der Waals surface area contributed by atoms with Crippen LogP contribution >= 0.6 is 11.3 Å². The predicted molar refractivity (Wildman–Crippen MR) is 154 cm³/mol. The van der Waals surface area contributed by atoms with Gasteiger partial charge in [0.25, 0.3) is 11.8 Å². The van der Waals surface area contributed by atoms with Crippen LogP contribution in [-0.2, 0) is 37.3 Å². The monoisotopic (exact) mass is 604 g/mol. The van der Waals surface area contributed by atoms with Gasteiger partial charge in [-0.2, -0.15) is 4.31 Å². The van der Waals surface area contributed by atoms with Crippen LogP contribution in [0.1, 0.15) is 50.9 Å². The predicted octanol–water partition coefficient (Wildman–Crippen LogP) is 2.42. The van der Waals surface area contributed by atoms with Gasteiger partial charge in [-0.25, -0.2) is 8.42 Å². The van der Waals surface area contributed by atoms with Crippen molar-refractivity contribution in [2.24, 2.45) is 5.92 Å². The van der Waals surface area contributed by atoms with Gasteiger partial charge in [-0.1, -0.05) is 0 Å². The SMILES string of the molecule is CCOC(=O)C1CCCN(S(=O)(=O)c2ccc(C(=O)Nc3sc4c(c3C(=O)N3CCOCC3)CCN(C)C4)cc2)C1. The number of esters is 1. The van der Waals surface area contributed by atoms with Crippen LogP contribution in [0.4, 0.5) is 5.00 Å². The number of carbonyl (C=O) groups excluding carboxylic acids is 3. The number of amides is 2. The molecule has 41 heavy (non-hydrogen) atoms. The summed E-state index contributed by atoms with van der Waals surface area (Å²) in [5.74, 6) is -1.39. The lowest BCUT2D eigenvalue weighted by molar-refractivity contribution is -0.149. The molecule has 13 heteroatoms. The van der Waals surface area contributed by atoms with Gasteiger partial charge >= 0.3 is 5.97 Å². The van der Waals surface area contributed by atoms with Gasteiger partial charge in [0, 0.05) is 49.7 Å². The van der Waals surface area contributed by atoms with E-state index in [9.17, 15) is 22.8 Å². The van der Waals surface area contributed by atoms with Crippen LogP contribution in [0, 0.1) is 5.92 Å². The Morgan fingerprint density at radius 1 is 1.10 bits per heavy atom. The van der Waals surface area contributed by atoms with E-state index in [1.54, 1.807) is 11.8 Å². The second kappa shape index (κ2) is 12.6. The van der Waals surface area contributed by atoms with E-state index >= 15 is 0 Å². The summed E-state index contributed by atoms with van der Waals surface area (Å²) in [4.78, 5) is 44.2. The molecule has 1 unspecified atom stereocenters. The fourth-order valence-electron chi connectivity index (χ4n) is 5.49. The van der Waals surface area contributed by atoms with E-state index in [1.165, 1.54) is 39.9 Å². The third kappa shape index (κ3) is 6.33. The molecule has 1 N–H and O–H groups in total. The van der Waals surface area contributed by atoms with Crippen LogP contribution in [0.5, 0.6) is 0 Å². The molecular formula is C28H36N4O7S2. The van der Waals surface area contributed by atoms with Crippen molar-refractivity contribution in [1.82, 2.24) is 14.1 Å². The minimum atomic E-state index is -3.85. The van der Waals surface area contributed by atoms with Gasteiger partial charge in [-0.3, -0.25) is 14.4 Å². The summed E-state index contributed by atoms with van der Waals surface area (Å²) < 4.78 is 38.4. The number of morpholine rings is 1. The zero-order valence-electron chi connectivity index (χ0n) is 23.4. The van der Waals surface area contributed by atoms with Gasteiger partial charge in [0.2, 0.25) is 10.0 Å². The van der Waals surface area contributed by atoms with E-state index in [2.05, 4.69) is 10.2 Å². The van der Waals surface area contributed by atoms with Gasteiger partial charge in [-0.15, -0.1) is 11.3 Å². The number of rotatable bonds is 7. The summed E-state index contributed by atoms with van der Waals surface area (Å²) >= 11 is 1.42. The van der Waals surface area contributed by atoms with E-state index < -0.39 is 21.8 Å². The number of piperidine rings is 1. The molecule has 0 aliphatic carbocycles. The highest BCUT2D eigenvalue weighted by Crippen LogP contribution is 2.38. The topological polar surface area (TPSA) is 126 Å². The summed E-state index contributed by atoms with van der Waals surface area (Å²) in [5, 5.41) is 3.46. The molecule has 1 atom stereocenters. The quantitative estimate of drug-likeness (QED) is 0.478. The average Bonchev–Trinajstić information content (AvgIpc) is 3.34. The van der Waals surface area contributed by atoms with Crippen molar-refractivity contribution in [1.29, 1.82) is 0 Å². The molecule has 1 aromatic carbocycles. The number of hydrogen-bond donors (Lipinski definition) is 1. The molecule has 0 spiro atoms. The first-order chi connectivity index (χ1) is 19.7. The van der Waals surface area contributed by atoms with Gasteiger partial charge < -0.3 is 24.6 Å². The Kier molecular flexibility index (Phi) is 9.09. The number of nitrogens with one attached hydrogen (secondary N) is 1. The molecule has 0 saturated carbocycles. The fourth-order valence-corrected chi connectivity index (χ4v) is 8.32. The molecule has 0 radical (unpaired) electrons. The first-order valence-corrected chi connectivity index (χ1v) is 16.2. The Morgan fingerprint density at radius 3 is 2.54 bits per heavy atom. The normalized spacial score (nSPS) is 20.3. The number of fused-ring (bicyclic) bond motifs is 1. The Hall–Kier alpha value is -2.84. The van der Waals surface area contributed by atoms with E-state index in [1.807, 2.05) is 7.05 Å². The molecule has 1 aromatic heterocycles. The lowest BCUT2D eigenvalue weighted by atomic mass is 10.0. The van der Waals surface area contributed by atoms with Gasteiger partial charge in [-0.05, 0) is 63.1 Å². The summed E-state index contributed by atoms with van der Waals surface area (Å²) in [6, 6.07) is 5.76. The number of carbonyl (C=O) groups is 3. The van der Waals surface area contributed by atoms with Gasteiger partial charge in [0.15, 0.2) is 0 Å². The Labute approximate surface area is 244 Å².